The molecule has 1 atom stereocenters. The Labute approximate surface area is 115 Å². The fraction of sp³-hybridized carbons (Fsp3) is 0.462. The quantitative estimate of drug-likeness (QED) is 0.896. The summed E-state index contributed by atoms with van der Waals surface area (Å²) in [6.07, 6.45) is 0.967. The second kappa shape index (κ2) is 5.71. The van der Waals surface area contributed by atoms with Crippen LogP contribution in [0.5, 0.6) is 5.75 Å². The van der Waals surface area contributed by atoms with Gasteiger partial charge in [0.15, 0.2) is 0 Å². The Balaban J connectivity index is 1.95. The van der Waals surface area contributed by atoms with Crippen molar-refractivity contribution in [3.8, 4) is 5.75 Å². The fourth-order valence-electron chi connectivity index (χ4n) is 2.30. The monoisotopic (exact) mass is 312 g/mol. The van der Waals surface area contributed by atoms with Gasteiger partial charge in [0.05, 0.1) is 0 Å². The highest BCUT2D eigenvalue weighted by Crippen LogP contribution is 2.24. The van der Waals surface area contributed by atoms with Gasteiger partial charge in [0.25, 0.3) is 0 Å². The third-order valence-corrected chi connectivity index (χ3v) is 3.61. The van der Waals surface area contributed by atoms with Crippen molar-refractivity contribution in [3.63, 3.8) is 0 Å². The Bertz CT molecular complexity index is 451. The SMILES string of the molecule is CC(=O)NC1CCN(Cc2cc(Br)ccc2O)C1. The zero-order chi connectivity index (χ0) is 13.1. The number of rotatable bonds is 3. The Kier molecular flexibility index (Phi) is 4.24. The van der Waals surface area contributed by atoms with Crippen molar-refractivity contribution >= 4 is 21.8 Å². The van der Waals surface area contributed by atoms with Crippen LogP contribution in [0.15, 0.2) is 22.7 Å². The van der Waals surface area contributed by atoms with E-state index >= 15 is 0 Å². The number of hydrogen-bond acceptors (Lipinski definition) is 3. The average molecular weight is 313 g/mol. The number of halogens is 1. The van der Waals surface area contributed by atoms with Gasteiger partial charge in [0, 0.05) is 42.6 Å². The topological polar surface area (TPSA) is 52.6 Å². The lowest BCUT2D eigenvalue weighted by Gasteiger charge is -2.17. The maximum Gasteiger partial charge on any atom is 0.217 e. The predicted octanol–water partition coefficient (Wildman–Crippen LogP) is 1.87. The summed E-state index contributed by atoms with van der Waals surface area (Å²) in [5, 5.41) is 12.7. The van der Waals surface area contributed by atoms with Crippen molar-refractivity contribution in [2.45, 2.75) is 25.9 Å². The van der Waals surface area contributed by atoms with Crippen LogP contribution in [0, 0.1) is 0 Å². The summed E-state index contributed by atoms with van der Waals surface area (Å²) in [6, 6.07) is 5.68. The molecular weight excluding hydrogens is 296 g/mol. The number of phenolic OH excluding ortho intramolecular Hbond substituents is 1. The van der Waals surface area contributed by atoms with Gasteiger partial charge in [-0.15, -0.1) is 0 Å². The molecular formula is C13H17BrN2O2. The van der Waals surface area contributed by atoms with Crippen LogP contribution in [0.2, 0.25) is 0 Å². The molecule has 5 heteroatoms. The van der Waals surface area contributed by atoms with Crippen molar-refractivity contribution in [2.24, 2.45) is 0 Å². The van der Waals surface area contributed by atoms with Crippen LogP contribution < -0.4 is 5.32 Å². The molecule has 4 nitrogen and oxygen atoms in total. The van der Waals surface area contributed by atoms with Crippen molar-refractivity contribution in [1.82, 2.24) is 10.2 Å². The molecule has 1 heterocycles. The predicted molar refractivity (Wildman–Crippen MR) is 73.3 cm³/mol. The van der Waals surface area contributed by atoms with Gasteiger partial charge in [0.1, 0.15) is 5.75 Å². The van der Waals surface area contributed by atoms with Gasteiger partial charge in [-0.3, -0.25) is 9.69 Å². The number of carbonyl (C=O) groups is 1. The summed E-state index contributed by atoms with van der Waals surface area (Å²) in [6.45, 7) is 4.03. The van der Waals surface area contributed by atoms with E-state index in [9.17, 15) is 9.90 Å². The van der Waals surface area contributed by atoms with Gasteiger partial charge in [-0.1, -0.05) is 15.9 Å². The number of carbonyl (C=O) groups excluding carboxylic acids is 1. The highest BCUT2D eigenvalue weighted by molar-refractivity contribution is 9.10. The molecule has 1 fully saturated rings. The number of likely N-dealkylation sites (tertiary alicyclic amines) is 1. The highest BCUT2D eigenvalue weighted by atomic mass is 79.9. The number of phenols is 1. The zero-order valence-corrected chi connectivity index (χ0v) is 11.9. The minimum Gasteiger partial charge on any atom is -0.508 e. The molecule has 0 radical (unpaired) electrons. The molecule has 1 aliphatic heterocycles. The van der Waals surface area contributed by atoms with Gasteiger partial charge < -0.3 is 10.4 Å². The molecule has 1 saturated heterocycles. The summed E-state index contributed by atoms with van der Waals surface area (Å²) in [7, 11) is 0. The Morgan fingerprint density at radius 1 is 1.61 bits per heavy atom. The van der Waals surface area contributed by atoms with Crippen LogP contribution in [-0.2, 0) is 11.3 Å². The van der Waals surface area contributed by atoms with E-state index in [1.54, 1.807) is 13.0 Å². The van der Waals surface area contributed by atoms with Gasteiger partial charge in [0.2, 0.25) is 5.91 Å². The minimum atomic E-state index is 0.0205. The summed E-state index contributed by atoms with van der Waals surface area (Å²) in [4.78, 5) is 13.2. The molecule has 2 rings (SSSR count). The molecule has 1 amide bonds. The molecule has 0 aromatic heterocycles. The first-order valence-corrected chi connectivity index (χ1v) is 6.81. The third-order valence-electron chi connectivity index (χ3n) is 3.12. The van der Waals surface area contributed by atoms with Gasteiger partial charge in [-0.25, -0.2) is 0 Å². The van der Waals surface area contributed by atoms with Crippen LogP contribution in [0.1, 0.15) is 18.9 Å². The van der Waals surface area contributed by atoms with Gasteiger partial charge in [-0.2, -0.15) is 0 Å². The summed E-state index contributed by atoms with van der Waals surface area (Å²) in [5.74, 6) is 0.341. The van der Waals surface area contributed by atoms with Crippen LogP contribution in [0.4, 0.5) is 0 Å². The Morgan fingerprint density at radius 3 is 3.11 bits per heavy atom. The maximum atomic E-state index is 11.0. The molecule has 0 bridgehead atoms. The molecule has 2 N–H and O–H groups in total. The first-order valence-electron chi connectivity index (χ1n) is 6.01. The van der Waals surface area contributed by atoms with E-state index < -0.39 is 0 Å². The van der Waals surface area contributed by atoms with E-state index in [1.807, 2.05) is 12.1 Å². The summed E-state index contributed by atoms with van der Waals surface area (Å²) < 4.78 is 0.966. The number of amides is 1. The largest absolute Gasteiger partial charge is 0.508 e. The number of aromatic hydroxyl groups is 1. The normalized spacial score (nSPS) is 20.0. The molecule has 0 aliphatic carbocycles. The fourth-order valence-corrected chi connectivity index (χ4v) is 2.71. The first kappa shape index (κ1) is 13.4. The third kappa shape index (κ3) is 3.46. The number of nitrogens with zero attached hydrogens (tertiary/aromatic N) is 1. The first-order chi connectivity index (χ1) is 8.54. The van der Waals surface area contributed by atoms with Crippen LogP contribution in [0.3, 0.4) is 0 Å². The van der Waals surface area contributed by atoms with E-state index in [0.29, 0.717) is 12.3 Å². The highest BCUT2D eigenvalue weighted by Gasteiger charge is 2.23. The minimum absolute atomic E-state index is 0.0205. The standard InChI is InChI=1S/C13H17BrN2O2/c1-9(17)15-12-4-5-16(8-12)7-10-6-11(14)2-3-13(10)18/h2-3,6,12,18H,4-5,7-8H2,1H3,(H,15,17). The van der Waals surface area contributed by atoms with Gasteiger partial charge in [-0.05, 0) is 24.6 Å². The van der Waals surface area contributed by atoms with Crippen molar-refractivity contribution < 1.29 is 9.90 Å². The molecule has 1 aromatic carbocycles. The van der Waals surface area contributed by atoms with E-state index in [2.05, 4.69) is 26.1 Å². The molecule has 1 unspecified atom stereocenters. The van der Waals surface area contributed by atoms with Crippen molar-refractivity contribution in [1.29, 1.82) is 0 Å². The van der Waals surface area contributed by atoms with Gasteiger partial charge >= 0.3 is 0 Å². The lowest BCUT2D eigenvalue weighted by atomic mass is 10.2. The van der Waals surface area contributed by atoms with Crippen molar-refractivity contribution in [3.05, 3.63) is 28.2 Å². The second-order valence-corrected chi connectivity index (χ2v) is 5.61. The van der Waals surface area contributed by atoms with Crippen LogP contribution in [0.25, 0.3) is 0 Å². The van der Waals surface area contributed by atoms with E-state index in [0.717, 1.165) is 29.5 Å². The van der Waals surface area contributed by atoms with E-state index in [-0.39, 0.29) is 11.9 Å². The molecule has 1 aliphatic rings. The maximum absolute atomic E-state index is 11.0. The zero-order valence-electron chi connectivity index (χ0n) is 10.3. The van der Waals surface area contributed by atoms with E-state index in [4.69, 9.17) is 0 Å². The summed E-state index contributed by atoms with van der Waals surface area (Å²) >= 11 is 3.40. The van der Waals surface area contributed by atoms with Crippen LogP contribution >= 0.6 is 15.9 Å². The molecule has 1 aromatic rings. The number of benzene rings is 1. The second-order valence-electron chi connectivity index (χ2n) is 4.69. The lowest BCUT2D eigenvalue weighted by Crippen LogP contribution is -2.35. The molecule has 18 heavy (non-hydrogen) atoms. The molecule has 98 valence electrons. The lowest BCUT2D eigenvalue weighted by molar-refractivity contribution is -0.119. The smallest absolute Gasteiger partial charge is 0.217 e. The summed E-state index contributed by atoms with van der Waals surface area (Å²) in [5.41, 5.74) is 0.910. The number of hydrogen-bond donors (Lipinski definition) is 2. The molecule has 0 saturated carbocycles. The Morgan fingerprint density at radius 2 is 2.39 bits per heavy atom. The Hall–Kier alpha value is -1.07. The average Bonchev–Trinajstić information content (AvgIpc) is 2.70. The molecule has 0 spiro atoms. The van der Waals surface area contributed by atoms with Crippen molar-refractivity contribution in [2.75, 3.05) is 13.1 Å². The van der Waals surface area contributed by atoms with E-state index in [1.165, 1.54) is 0 Å². The number of nitrogens with one attached hydrogen (secondary N) is 1. The van der Waals surface area contributed by atoms with Crippen LogP contribution in [-0.4, -0.2) is 35.0 Å².